The van der Waals surface area contributed by atoms with Crippen molar-refractivity contribution >= 4 is 15.7 Å². The fraction of sp³-hybridized carbons (Fsp3) is 0.400. The number of anilines is 1. The summed E-state index contributed by atoms with van der Waals surface area (Å²) in [5.74, 6) is -1.09. The lowest BCUT2D eigenvalue weighted by Crippen LogP contribution is -2.31. The molecule has 2 aromatic rings. The van der Waals surface area contributed by atoms with E-state index in [-0.39, 0.29) is 10.7 Å². The van der Waals surface area contributed by atoms with Gasteiger partial charge >= 0.3 is 0 Å². The van der Waals surface area contributed by atoms with Crippen molar-refractivity contribution in [3.8, 4) is 0 Å². The minimum atomic E-state index is -4.02. The minimum Gasteiger partial charge on any atom is -0.265 e. The van der Waals surface area contributed by atoms with Gasteiger partial charge < -0.3 is 0 Å². The van der Waals surface area contributed by atoms with Crippen LogP contribution in [0.3, 0.4) is 0 Å². The summed E-state index contributed by atoms with van der Waals surface area (Å²) in [5, 5.41) is 4.05. The fourth-order valence-electron chi connectivity index (χ4n) is 2.59. The third kappa shape index (κ3) is 2.95. The van der Waals surface area contributed by atoms with Crippen LogP contribution in [0, 0.1) is 17.6 Å². The third-order valence-corrected chi connectivity index (χ3v) is 6.00. The van der Waals surface area contributed by atoms with E-state index in [1.165, 1.54) is 24.0 Å². The monoisotopic (exact) mass is 341 g/mol. The predicted octanol–water partition coefficient (Wildman–Crippen LogP) is 2.79. The maximum atomic E-state index is 13.9. The van der Waals surface area contributed by atoms with E-state index < -0.39 is 21.7 Å². The smallest absolute Gasteiger partial charge is 0.265 e. The van der Waals surface area contributed by atoms with Gasteiger partial charge in [0, 0.05) is 19.7 Å². The maximum Gasteiger partial charge on any atom is 0.281 e. The van der Waals surface area contributed by atoms with Gasteiger partial charge in [-0.05, 0) is 37.0 Å². The Bertz CT molecular complexity index is 816. The Labute approximate surface area is 133 Å². The topological polar surface area (TPSA) is 55.2 Å². The van der Waals surface area contributed by atoms with Crippen molar-refractivity contribution in [2.75, 3.05) is 11.4 Å². The Kier molecular flexibility index (Phi) is 4.09. The molecule has 0 spiro atoms. The second-order valence-corrected chi connectivity index (χ2v) is 7.63. The minimum absolute atomic E-state index is 0.0180. The summed E-state index contributed by atoms with van der Waals surface area (Å²) in [7, 11) is -2.82. The van der Waals surface area contributed by atoms with E-state index in [4.69, 9.17) is 0 Å². The van der Waals surface area contributed by atoms with Gasteiger partial charge in [0.2, 0.25) is 0 Å². The number of hydrogen-bond donors (Lipinski definition) is 0. The lowest BCUT2D eigenvalue weighted by atomic mass is 9.85. The van der Waals surface area contributed by atoms with E-state index in [2.05, 4.69) is 5.10 Å². The zero-order valence-corrected chi connectivity index (χ0v) is 13.4. The molecule has 0 radical (unpaired) electrons. The highest BCUT2D eigenvalue weighted by atomic mass is 32.2. The van der Waals surface area contributed by atoms with E-state index in [9.17, 15) is 17.2 Å². The molecule has 8 heteroatoms. The van der Waals surface area contributed by atoms with E-state index in [0.29, 0.717) is 12.5 Å². The average Bonchev–Trinajstić information content (AvgIpc) is 2.93. The van der Waals surface area contributed by atoms with Crippen molar-refractivity contribution in [2.45, 2.75) is 30.8 Å². The summed E-state index contributed by atoms with van der Waals surface area (Å²) in [6.45, 7) is 0.515. The Morgan fingerprint density at radius 1 is 1.30 bits per heavy atom. The number of benzene rings is 1. The van der Waals surface area contributed by atoms with Crippen molar-refractivity contribution in [2.24, 2.45) is 5.92 Å². The van der Waals surface area contributed by atoms with Crippen molar-refractivity contribution in [3.05, 3.63) is 42.1 Å². The molecule has 124 valence electrons. The van der Waals surface area contributed by atoms with Crippen molar-refractivity contribution < 1.29 is 17.2 Å². The number of aromatic nitrogens is 2. The van der Waals surface area contributed by atoms with Crippen LogP contribution in [0.25, 0.3) is 0 Å². The zero-order valence-electron chi connectivity index (χ0n) is 12.6. The van der Waals surface area contributed by atoms with E-state index in [1.807, 2.05) is 0 Å². The molecule has 0 amide bonds. The summed E-state index contributed by atoms with van der Waals surface area (Å²) < 4.78 is 54.9. The molecule has 1 aromatic carbocycles. The highest BCUT2D eigenvalue weighted by molar-refractivity contribution is 7.92. The van der Waals surface area contributed by atoms with Gasteiger partial charge in [-0.1, -0.05) is 6.42 Å². The maximum absolute atomic E-state index is 13.9. The van der Waals surface area contributed by atoms with Crippen LogP contribution in [0.1, 0.15) is 19.3 Å². The molecule has 1 fully saturated rings. The van der Waals surface area contributed by atoms with Crippen LogP contribution in [0.5, 0.6) is 0 Å². The third-order valence-electron chi connectivity index (χ3n) is 4.21. The summed E-state index contributed by atoms with van der Waals surface area (Å²) in [6, 6.07) is 4.09. The van der Waals surface area contributed by atoms with Gasteiger partial charge in [-0.25, -0.2) is 8.78 Å². The van der Waals surface area contributed by atoms with E-state index in [1.54, 1.807) is 0 Å². The van der Waals surface area contributed by atoms with Crippen LogP contribution in [0.4, 0.5) is 14.5 Å². The molecule has 3 rings (SSSR count). The van der Waals surface area contributed by atoms with Crippen molar-refractivity contribution in [1.82, 2.24) is 9.78 Å². The van der Waals surface area contributed by atoms with Gasteiger partial charge in [-0.2, -0.15) is 13.5 Å². The first-order chi connectivity index (χ1) is 10.9. The second kappa shape index (κ2) is 5.92. The normalized spacial score (nSPS) is 15.4. The van der Waals surface area contributed by atoms with Crippen LogP contribution in [0.15, 0.2) is 35.5 Å². The molecule has 23 heavy (non-hydrogen) atoms. The van der Waals surface area contributed by atoms with E-state index in [0.717, 1.165) is 41.8 Å². The largest absolute Gasteiger partial charge is 0.281 e. The molecule has 1 saturated carbocycles. The van der Waals surface area contributed by atoms with E-state index >= 15 is 0 Å². The Morgan fingerprint density at radius 2 is 2.04 bits per heavy atom. The summed E-state index contributed by atoms with van der Waals surface area (Å²) in [6.07, 6.45) is 4.64. The molecular weight excluding hydrogens is 324 g/mol. The van der Waals surface area contributed by atoms with Crippen LogP contribution in [0.2, 0.25) is 0 Å². The number of rotatable bonds is 5. The summed E-state index contributed by atoms with van der Waals surface area (Å²) in [4.78, 5) is 0. The van der Waals surface area contributed by atoms with Gasteiger partial charge in [-0.3, -0.25) is 8.99 Å². The van der Waals surface area contributed by atoms with Gasteiger partial charge in [0.15, 0.2) is 5.03 Å². The molecule has 1 aromatic heterocycles. The highest BCUT2D eigenvalue weighted by Gasteiger charge is 2.29. The Balaban J connectivity index is 1.94. The molecule has 5 nitrogen and oxygen atoms in total. The quantitative estimate of drug-likeness (QED) is 0.840. The predicted molar refractivity (Wildman–Crippen MR) is 81.5 cm³/mol. The fourth-order valence-corrected chi connectivity index (χ4v) is 3.89. The molecule has 0 bridgehead atoms. The van der Waals surface area contributed by atoms with Crippen molar-refractivity contribution in [1.29, 1.82) is 0 Å². The Hall–Kier alpha value is -1.96. The molecule has 0 unspecified atom stereocenters. The number of sulfonamides is 1. The Morgan fingerprint density at radius 3 is 2.70 bits per heavy atom. The number of hydrogen-bond acceptors (Lipinski definition) is 3. The number of nitrogens with zero attached hydrogens (tertiary/aromatic N) is 3. The van der Waals surface area contributed by atoms with Gasteiger partial charge in [0.1, 0.15) is 11.6 Å². The van der Waals surface area contributed by atoms with Crippen LogP contribution >= 0.6 is 0 Å². The van der Waals surface area contributed by atoms with Crippen LogP contribution < -0.4 is 4.31 Å². The second-order valence-electron chi connectivity index (χ2n) is 5.72. The van der Waals surface area contributed by atoms with Crippen molar-refractivity contribution in [3.63, 3.8) is 0 Å². The lowest BCUT2D eigenvalue weighted by Gasteiger charge is -2.26. The number of halogens is 2. The first-order valence-corrected chi connectivity index (χ1v) is 8.79. The summed E-state index contributed by atoms with van der Waals surface area (Å²) in [5.41, 5.74) is -0.332. The molecule has 0 atom stereocenters. The summed E-state index contributed by atoms with van der Waals surface area (Å²) >= 11 is 0. The molecule has 0 N–H and O–H groups in total. The molecule has 1 heterocycles. The molecule has 0 saturated heterocycles. The van der Waals surface area contributed by atoms with Gasteiger partial charge in [0.25, 0.3) is 10.0 Å². The lowest BCUT2D eigenvalue weighted by molar-refractivity contribution is 0.258. The highest BCUT2D eigenvalue weighted by Crippen LogP contribution is 2.30. The first kappa shape index (κ1) is 15.9. The molecular formula is C15H17F2N3O2S. The standard InChI is InChI=1S/C15H17F2N3O2S/c1-19(14-9-12(16)5-6-13(14)17)23(21,22)15-7-8-18-20(15)10-11-3-2-4-11/h5-9,11H,2-4,10H2,1H3. The first-order valence-electron chi connectivity index (χ1n) is 7.35. The molecule has 0 aliphatic heterocycles. The zero-order chi connectivity index (χ0) is 16.6. The SMILES string of the molecule is CN(c1cc(F)ccc1F)S(=O)(=O)c1ccnn1CC1CCC1. The molecule has 1 aliphatic rings. The van der Waals surface area contributed by atoms with Gasteiger partial charge in [0.05, 0.1) is 11.9 Å². The van der Waals surface area contributed by atoms with Gasteiger partial charge in [-0.15, -0.1) is 0 Å². The van der Waals surface area contributed by atoms with Crippen LogP contribution in [-0.4, -0.2) is 25.2 Å². The molecule has 1 aliphatic carbocycles. The average molecular weight is 341 g/mol. The van der Waals surface area contributed by atoms with Crippen LogP contribution in [-0.2, 0) is 16.6 Å².